The molecule has 0 aliphatic carbocycles. The predicted octanol–water partition coefficient (Wildman–Crippen LogP) is 3.94. The summed E-state index contributed by atoms with van der Waals surface area (Å²) in [4.78, 5) is 0. The maximum Gasteiger partial charge on any atom is 0.0680 e. The summed E-state index contributed by atoms with van der Waals surface area (Å²) in [6, 6.07) is 6.53. The summed E-state index contributed by atoms with van der Waals surface area (Å²) in [7, 11) is 0. The highest BCUT2D eigenvalue weighted by molar-refractivity contribution is 5.44. The van der Waals surface area contributed by atoms with Gasteiger partial charge in [0.05, 0.1) is 11.9 Å². The molecule has 0 fully saturated rings. The number of aryl methyl sites for hydroxylation is 2. The van der Waals surface area contributed by atoms with Gasteiger partial charge in [-0.05, 0) is 58.2 Å². The molecule has 2 rings (SSSR count). The first-order chi connectivity index (χ1) is 9.81. The lowest BCUT2D eigenvalue weighted by molar-refractivity contribution is 0.423. The second-order valence-corrected chi connectivity index (χ2v) is 6.78. The molecule has 0 unspecified atom stereocenters. The fraction of sp³-hybridized carbons (Fsp3) is 0.500. The summed E-state index contributed by atoms with van der Waals surface area (Å²) in [6.07, 6.45) is 2.98. The molecule has 0 radical (unpaired) electrons. The zero-order valence-corrected chi connectivity index (χ0v) is 14.1. The number of hydrogen-bond donors (Lipinski definition) is 1. The highest BCUT2D eigenvalue weighted by atomic mass is 15.3. The van der Waals surface area contributed by atoms with E-state index in [1.54, 1.807) is 0 Å². The van der Waals surface area contributed by atoms with Gasteiger partial charge in [0.1, 0.15) is 0 Å². The van der Waals surface area contributed by atoms with Gasteiger partial charge in [0, 0.05) is 23.3 Å². The van der Waals surface area contributed by atoms with E-state index in [4.69, 9.17) is 0 Å². The van der Waals surface area contributed by atoms with Crippen LogP contribution in [0.2, 0.25) is 0 Å². The van der Waals surface area contributed by atoms with Crippen molar-refractivity contribution >= 4 is 0 Å². The maximum absolute atomic E-state index is 4.64. The Morgan fingerprint density at radius 1 is 1.19 bits per heavy atom. The summed E-state index contributed by atoms with van der Waals surface area (Å²) in [6.45, 7) is 13.9. The van der Waals surface area contributed by atoms with Gasteiger partial charge in [-0.2, -0.15) is 5.10 Å². The number of nitrogens with one attached hydrogen (secondary N) is 1. The van der Waals surface area contributed by atoms with Crippen molar-refractivity contribution in [3.05, 3.63) is 46.8 Å². The van der Waals surface area contributed by atoms with Crippen LogP contribution in [0.25, 0.3) is 5.69 Å². The zero-order valence-electron chi connectivity index (χ0n) is 14.1. The molecule has 0 amide bonds. The van der Waals surface area contributed by atoms with Gasteiger partial charge < -0.3 is 5.32 Å². The van der Waals surface area contributed by atoms with Gasteiger partial charge in [0.2, 0.25) is 0 Å². The number of hydrogen-bond acceptors (Lipinski definition) is 2. The van der Waals surface area contributed by atoms with Crippen LogP contribution >= 0.6 is 0 Å². The molecule has 0 aliphatic heterocycles. The Bertz CT molecular complexity index is 618. The van der Waals surface area contributed by atoms with Gasteiger partial charge in [0.15, 0.2) is 0 Å². The quantitative estimate of drug-likeness (QED) is 0.922. The number of aromatic nitrogens is 2. The lowest BCUT2D eigenvalue weighted by Crippen LogP contribution is -2.35. The molecule has 1 aromatic heterocycles. The van der Waals surface area contributed by atoms with Crippen LogP contribution in [0, 0.1) is 13.8 Å². The molecule has 1 N–H and O–H groups in total. The predicted molar refractivity (Wildman–Crippen MR) is 89.0 cm³/mol. The minimum atomic E-state index is 0.117. The summed E-state index contributed by atoms with van der Waals surface area (Å²) in [5.74, 6) is 0. The second-order valence-electron chi connectivity index (χ2n) is 6.78. The smallest absolute Gasteiger partial charge is 0.0680 e. The zero-order chi connectivity index (χ0) is 15.6. The largest absolute Gasteiger partial charge is 0.308 e. The Balaban J connectivity index is 2.37. The highest BCUT2D eigenvalue weighted by Crippen LogP contribution is 2.20. The van der Waals surface area contributed by atoms with Crippen molar-refractivity contribution in [2.45, 2.75) is 60.0 Å². The minimum Gasteiger partial charge on any atom is -0.308 e. The summed E-state index contributed by atoms with van der Waals surface area (Å²) in [5, 5.41) is 8.19. The average molecular weight is 285 g/mol. The van der Waals surface area contributed by atoms with Crippen LogP contribution in [0.3, 0.4) is 0 Å². The van der Waals surface area contributed by atoms with Crippen LogP contribution in [-0.2, 0) is 13.0 Å². The fourth-order valence-electron chi connectivity index (χ4n) is 2.45. The Labute approximate surface area is 128 Å². The molecular weight excluding hydrogens is 258 g/mol. The SMILES string of the molecule is CCc1c(CNC(C)(C)C)cnn1-c1cc(C)ccc1C. The van der Waals surface area contributed by atoms with Crippen molar-refractivity contribution < 1.29 is 0 Å². The molecule has 21 heavy (non-hydrogen) atoms. The molecule has 1 heterocycles. The Morgan fingerprint density at radius 3 is 2.52 bits per heavy atom. The van der Waals surface area contributed by atoms with Gasteiger partial charge in [-0.15, -0.1) is 0 Å². The maximum atomic E-state index is 4.64. The van der Waals surface area contributed by atoms with E-state index in [9.17, 15) is 0 Å². The van der Waals surface area contributed by atoms with E-state index in [1.807, 2.05) is 6.20 Å². The van der Waals surface area contributed by atoms with E-state index in [0.717, 1.165) is 13.0 Å². The van der Waals surface area contributed by atoms with Crippen molar-refractivity contribution in [2.75, 3.05) is 0 Å². The number of benzene rings is 1. The van der Waals surface area contributed by atoms with Crippen LogP contribution < -0.4 is 5.32 Å². The van der Waals surface area contributed by atoms with Gasteiger partial charge in [-0.25, -0.2) is 4.68 Å². The molecule has 2 aromatic rings. The van der Waals surface area contributed by atoms with Gasteiger partial charge in [0.25, 0.3) is 0 Å². The van der Waals surface area contributed by atoms with Crippen LogP contribution in [0.4, 0.5) is 0 Å². The standard InChI is InChI=1S/C18H27N3/c1-7-16-15(11-19-18(4,5)6)12-20-21(16)17-10-13(2)8-9-14(17)3/h8-10,12,19H,7,11H2,1-6H3. The van der Waals surface area contributed by atoms with Gasteiger partial charge in [-0.1, -0.05) is 19.1 Å². The summed E-state index contributed by atoms with van der Waals surface area (Å²) < 4.78 is 2.10. The molecule has 0 atom stereocenters. The topological polar surface area (TPSA) is 29.9 Å². The first kappa shape index (κ1) is 15.8. The van der Waals surface area contributed by atoms with Gasteiger partial charge in [-0.3, -0.25) is 0 Å². The molecule has 0 saturated carbocycles. The Kier molecular flexibility index (Phi) is 4.52. The third-order valence-corrected chi connectivity index (χ3v) is 3.69. The fourth-order valence-corrected chi connectivity index (χ4v) is 2.45. The van der Waals surface area contributed by atoms with E-state index in [-0.39, 0.29) is 5.54 Å². The summed E-state index contributed by atoms with van der Waals surface area (Å²) >= 11 is 0. The van der Waals surface area contributed by atoms with E-state index in [0.29, 0.717) is 0 Å². The lowest BCUT2D eigenvalue weighted by Gasteiger charge is -2.20. The van der Waals surface area contributed by atoms with Crippen LogP contribution in [0.5, 0.6) is 0 Å². The second kappa shape index (κ2) is 6.02. The molecule has 0 saturated heterocycles. The van der Waals surface area contributed by atoms with Crippen molar-refractivity contribution in [3.8, 4) is 5.69 Å². The molecule has 114 valence electrons. The molecule has 3 nitrogen and oxygen atoms in total. The monoisotopic (exact) mass is 285 g/mol. The van der Waals surface area contributed by atoms with E-state index >= 15 is 0 Å². The van der Waals surface area contributed by atoms with Crippen molar-refractivity contribution in [3.63, 3.8) is 0 Å². The van der Waals surface area contributed by atoms with E-state index in [1.165, 1.54) is 28.1 Å². The molecular formula is C18H27N3. The normalized spacial score (nSPS) is 11.9. The third kappa shape index (κ3) is 3.73. The molecule has 3 heteroatoms. The third-order valence-electron chi connectivity index (χ3n) is 3.69. The Hall–Kier alpha value is -1.61. The number of nitrogens with zero attached hydrogens (tertiary/aromatic N) is 2. The lowest BCUT2D eigenvalue weighted by atomic mass is 10.1. The van der Waals surface area contributed by atoms with Crippen LogP contribution in [-0.4, -0.2) is 15.3 Å². The highest BCUT2D eigenvalue weighted by Gasteiger charge is 2.15. The first-order valence-corrected chi connectivity index (χ1v) is 7.70. The Morgan fingerprint density at radius 2 is 1.90 bits per heavy atom. The van der Waals surface area contributed by atoms with Crippen molar-refractivity contribution in [1.29, 1.82) is 0 Å². The van der Waals surface area contributed by atoms with E-state index in [2.05, 4.69) is 74.8 Å². The summed E-state index contributed by atoms with van der Waals surface area (Å²) in [5.41, 5.74) is 6.41. The van der Waals surface area contributed by atoms with Crippen molar-refractivity contribution in [2.24, 2.45) is 0 Å². The molecule has 1 aromatic carbocycles. The minimum absolute atomic E-state index is 0.117. The molecule has 0 bridgehead atoms. The van der Waals surface area contributed by atoms with E-state index < -0.39 is 0 Å². The molecule has 0 spiro atoms. The molecule has 0 aliphatic rings. The number of rotatable bonds is 4. The van der Waals surface area contributed by atoms with Crippen molar-refractivity contribution in [1.82, 2.24) is 15.1 Å². The van der Waals surface area contributed by atoms with Gasteiger partial charge >= 0.3 is 0 Å². The average Bonchev–Trinajstić information content (AvgIpc) is 2.81. The van der Waals surface area contributed by atoms with Crippen LogP contribution in [0.1, 0.15) is 50.1 Å². The first-order valence-electron chi connectivity index (χ1n) is 7.70. The van der Waals surface area contributed by atoms with Crippen LogP contribution in [0.15, 0.2) is 24.4 Å².